The van der Waals surface area contributed by atoms with Gasteiger partial charge in [0.05, 0.1) is 0 Å². The van der Waals surface area contributed by atoms with E-state index in [0.29, 0.717) is 17.4 Å². The van der Waals surface area contributed by atoms with Crippen LogP contribution in [0.25, 0.3) is 0 Å². The Morgan fingerprint density at radius 1 is 1.25 bits per heavy atom. The van der Waals surface area contributed by atoms with E-state index in [0.717, 1.165) is 6.54 Å². The SMILES string of the molecule is CCNC(CCC(C)(C)C)C1CCCc2ccccc21. The van der Waals surface area contributed by atoms with Crippen LogP contribution in [0.15, 0.2) is 24.3 Å². The van der Waals surface area contributed by atoms with Crippen LogP contribution in [0, 0.1) is 5.41 Å². The summed E-state index contributed by atoms with van der Waals surface area (Å²) in [6.45, 7) is 10.4. The molecular formula is C19H31N. The smallest absolute Gasteiger partial charge is 0.0136 e. The Hall–Kier alpha value is -0.820. The standard InChI is InChI=1S/C19H31N/c1-5-20-18(13-14-19(2,3)4)17-12-8-10-15-9-6-7-11-16(15)17/h6-7,9,11,17-18,20H,5,8,10,12-14H2,1-4H3. The first-order chi connectivity index (χ1) is 9.51. The van der Waals surface area contributed by atoms with E-state index in [2.05, 4.69) is 57.3 Å². The second-order valence-electron chi connectivity index (χ2n) is 7.46. The van der Waals surface area contributed by atoms with Crippen LogP contribution >= 0.6 is 0 Å². The van der Waals surface area contributed by atoms with Gasteiger partial charge in [-0.05, 0) is 61.1 Å². The number of likely N-dealkylation sites (N-methyl/N-ethyl adjacent to an activating group) is 1. The number of aryl methyl sites for hydroxylation is 1. The monoisotopic (exact) mass is 273 g/mol. The first-order valence-corrected chi connectivity index (χ1v) is 8.32. The first kappa shape index (κ1) is 15.6. The van der Waals surface area contributed by atoms with Crippen LogP contribution < -0.4 is 5.32 Å². The highest BCUT2D eigenvalue weighted by molar-refractivity contribution is 5.33. The van der Waals surface area contributed by atoms with Gasteiger partial charge in [-0.1, -0.05) is 52.0 Å². The minimum absolute atomic E-state index is 0.432. The van der Waals surface area contributed by atoms with Crippen molar-refractivity contribution in [3.8, 4) is 0 Å². The fourth-order valence-electron chi connectivity index (χ4n) is 3.51. The average molecular weight is 273 g/mol. The van der Waals surface area contributed by atoms with Crippen molar-refractivity contribution >= 4 is 0 Å². The van der Waals surface area contributed by atoms with Gasteiger partial charge in [0.2, 0.25) is 0 Å². The fraction of sp³-hybridized carbons (Fsp3) is 0.684. The maximum Gasteiger partial charge on any atom is 0.0136 e. The topological polar surface area (TPSA) is 12.0 Å². The molecule has 0 saturated carbocycles. The van der Waals surface area contributed by atoms with Gasteiger partial charge in [0.1, 0.15) is 0 Å². The minimum Gasteiger partial charge on any atom is -0.314 e. The van der Waals surface area contributed by atoms with Crippen LogP contribution in [-0.4, -0.2) is 12.6 Å². The maximum absolute atomic E-state index is 3.77. The van der Waals surface area contributed by atoms with Crippen molar-refractivity contribution in [1.82, 2.24) is 5.32 Å². The molecule has 1 aromatic rings. The Bertz CT molecular complexity index is 416. The summed E-state index contributed by atoms with van der Waals surface area (Å²) in [4.78, 5) is 0. The molecule has 0 bridgehead atoms. The van der Waals surface area contributed by atoms with Crippen LogP contribution in [0.3, 0.4) is 0 Å². The summed E-state index contributed by atoms with van der Waals surface area (Å²) in [6.07, 6.45) is 6.54. The van der Waals surface area contributed by atoms with Crippen molar-refractivity contribution in [2.75, 3.05) is 6.54 Å². The zero-order chi connectivity index (χ0) is 14.6. The van der Waals surface area contributed by atoms with Crippen LogP contribution in [0.5, 0.6) is 0 Å². The molecule has 2 atom stereocenters. The largest absolute Gasteiger partial charge is 0.314 e. The number of fused-ring (bicyclic) bond motifs is 1. The van der Waals surface area contributed by atoms with Gasteiger partial charge in [0, 0.05) is 6.04 Å². The Morgan fingerprint density at radius 2 is 2.00 bits per heavy atom. The number of hydrogen-bond acceptors (Lipinski definition) is 1. The summed E-state index contributed by atoms with van der Waals surface area (Å²) < 4.78 is 0. The highest BCUT2D eigenvalue weighted by atomic mass is 14.9. The van der Waals surface area contributed by atoms with E-state index in [4.69, 9.17) is 0 Å². The van der Waals surface area contributed by atoms with Crippen molar-refractivity contribution < 1.29 is 0 Å². The molecule has 0 heterocycles. The van der Waals surface area contributed by atoms with E-state index in [-0.39, 0.29) is 0 Å². The molecule has 1 aliphatic carbocycles. The lowest BCUT2D eigenvalue weighted by atomic mass is 9.76. The highest BCUT2D eigenvalue weighted by Crippen LogP contribution is 2.36. The Balaban J connectivity index is 2.13. The van der Waals surface area contributed by atoms with E-state index >= 15 is 0 Å². The highest BCUT2D eigenvalue weighted by Gasteiger charge is 2.28. The third kappa shape index (κ3) is 4.09. The van der Waals surface area contributed by atoms with Crippen molar-refractivity contribution in [3.63, 3.8) is 0 Å². The lowest BCUT2D eigenvalue weighted by molar-refractivity contribution is 0.300. The van der Waals surface area contributed by atoms with Crippen LogP contribution in [0.1, 0.15) is 70.4 Å². The third-order valence-electron chi connectivity index (χ3n) is 4.57. The quantitative estimate of drug-likeness (QED) is 0.803. The predicted molar refractivity (Wildman–Crippen MR) is 88.3 cm³/mol. The van der Waals surface area contributed by atoms with Gasteiger partial charge in [0.25, 0.3) is 0 Å². The van der Waals surface area contributed by atoms with Gasteiger partial charge < -0.3 is 5.32 Å². The second-order valence-corrected chi connectivity index (χ2v) is 7.46. The van der Waals surface area contributed by atoms with Crippen LogP contribution in [0.2, 0.25) is 0 Å². The zero-order valence-electron chi connectivity index (χ0n) is 13.7. The summed E-state index contributed by atoms with van der Waals surface area (Å²) in [6, 6.07) is 9.73. The number of nitrogens with one attached hydrogen (secondary N) is 1. The molecule has 0 aromatic heterocycles. The van der Waals surface area contributed by atoms with Crippen LogP contribution in [0.4, 0.5) is 0 Å². The van der Waals surface area contributed by atoms with Crippen LogP contribution in [-0.2, 0) is 6.42 Å². The molecule has 0 saturated heterocycles. The van der Waals surface area contributed by atoms with Gasteiger partial charge in [-0.2, -0.15) is 0 Å². The molecule has 0 radical (unpaired) electrons. The van der Waals surface area contributed by atoms with Crippen molar-refractivity contribution in [1.29, 1.82) is 0 Å². The van der Waals surface area contributed by atoms with E-state index in [1.807, 2.05) is 0 Å². The van der Waals surface area contributed by atoms with E-state index < -0.39 is 0 Å². The fourth-order valence-corrected chi connectivity index (χ4v) is 3.51. The maximum atomic E-state index is 3.77. The van der Waals surface area contributed by atoms with Gasteiger partial charge in [0.15, 0.2) is 0 Å². The normalized spacial score (nSPS) is 20.5. The van der Waals surface area contributed by atoms with Crippen molar-refractivity contribution in [2.45, 2.75) is 71.8 Å². The summed E-state index contributed by atoms with van der Waals surface area (Å²) in [5, 5.41) is 3.77. The van der Waals surface area contributed by atoms with E-state index in [9.17, 15) is 0 Å². The number of hydrogen-bond donors (Lipinski definition) is 1. The lowest BCUT2D eigenvalue weighted by Gasteiger charge is -2.34. The first-order valence-electron chi connectivity index (χ1n) is 8.32. The number of rotatable bonds is 5. The summed E-state index contributed by atoms with van der Waals surface area (Å²) >= 11 is 0. The third-order valence-corrected chi connectivity index (χ3v) is 4.57. The molecule has 0 spiro atoms. The van der Waals surface area contributed by atoms with Gasteiger partial charge in [-0.3, -0.25) is 0 Å². The minimum atomic E-state index is 0.432. The second kappa shape index (κ2) is 6.76. The molecule has 1 aliphatic rings. The molecule has 1 aromatic carbocycles. The van der Waals surface area contributed by atoms with Gasteiger partial charge in [-0.25, -0.2) is 0 Å². The van der Waals surface area contributed by atoms with E-state index in [1.165, 1.54) is 32.1 Å². The molecule has 2 rings (SSSR count). The van der Waals surface area contributed by atoms with Crippen molar-refractivity contribution in [3.05, 3.63) is 35.4 Å². The molecule has 1 nitrogen and oxygen atoms in total. The average Bonchev–Trinajstić information content (AvgIpc) is 2.42. The molecule has 0 aliphatic heterocycles. The molecule has 0 fully saturated rings. The molecule has 1 heteroatoms. The van der Waals surface area contributed by atoms with Gasteiger partial charge >= 0.3 is 0 Å². The molecule has 20 heavy (non-hydrogen) atoms. The van der Waals surface area contributed by atoms with E-state index in [1.54, 1.807) is 11.1 Å². The Kier molecular flexibility index (Phi) is 5.26. The van der Waals surface area contributed by atoms with Crippen molar-refractivity contribution in [2.24, 2.45) is 5.41 Å². The number of benzene rings is 1. The molecule has 2 unspecified atom stereocenters. The summed E-state index contributed by atoms with van der Waals surface area (Å²) in [7, 11) is 0. The Labute approximate surface area is 125 Å². The Morgan fingerprint density at radius 3 is 2.70 bits per heavy atom. The summed E-state index contributed by atoms with van der Waals surface area (Å²) in [5.74, 6) is 0.710. The molecule has 112 valence electrons. The predicted octanol–water partition coefficient (Wildman–Crippen LogP) is 4.91. The zero-order valence-corrected chi connectivity index (χ0v) is 13.7. The molecule has 0 amide bonds. The van der Waals surface area contributed by atoms with Gasteiger partial charge in [-0.15, -0.1) is 0 Å². The molecular weight excluding hydrogens is 242 g/mol. The lowest BCUT2D eigenvalue weighted by Crippen LogP contribution is -2.37. The summed E-state index contributed by atoms with van der Waals surface area (Å²) in [5.41, 5.74) is 3.63. The molecule has 1 N–H and O–H groups in total.